The average molecular weight is 449 g/mol. The molecule has 2 aliphatic rings. The molecule has 0 nitrogen and oxygen atoms in total. The minimum atomic E-state index is 0.270. The topological polar surface area (TPSA) is 0 Å². The maximum atomic E-state index is 2.58. The van der Waals surface area contributed by atoms with Crippen molar-refractivity contribution >= 4 is 5.57 Å². The Hall–Kier alpha value is -1.30. The second kappa shape index (κ2) is 10.5. The lowest BCUT2D eigenvalue weighted by atomic mass is 9.63. The molecule has 33 heavy (non-hydrogen) atoms. The van der Waals surface area contributed by atoms with Crippen LogP contribution in [0.2, 0.25) is 0 Å². The van der Waals surface area contributed by atoms with Crippen molar-refractivity contribution in [2.75, 3.05) is 0 Å². The third-order valence-corrected chi connectivity index (χ3v) is 9.02. The van der Waals surface area contributed by atoms with Crippen molar-refractivity contribution in [3.8, 4) is 0 Å². The summed E-state index contributed by atoms with van der Waals surface area (Å²) < 4.78 is 0. The predicted octanol–water partition coefficient (Wildman–Crippen LogP) is 10.4. The molecule has 0 saturated heterocycles. The number of fused-ring (bicyclic) bond motifs is 1. The molecule has 1 aromatic rings. The van der Waals surface area contributed by atoms with Gasteiger partial charge in [-0.25, -0.2) is 0 Å². The van der Waals surface area contributed by atoms with E-state index in [-0.39, 0.29) is 10.8 Å². The third kappa shape index (κ3) is 5.68. The molecule has 0 radical (unpaired) electrons. The molecule has 1 aromatic carbocycles. The number of rotatable bonds is 10. The molecule has 0 heterocycles. The van der Waals surface area contributed by atoms with Gasteiger partial charge in [0.2, 0.25) is 0 Å². The van der Waals surface area contributed by atoms with Crippen molar-refractivity contribution in [1.29, 1.82) is 0 Å². The van der Waals surface area contributed by atoms with Crippen molar-refractivity contribution in [3.05, 3.63) is 52.1 Å². The number of hydrogen-bond donors (Lipinski definition) is 0. The molecule has 3 unspecified atom stereocenters. The quantitative estimate of drug-likeness (QED) is 0.334. The monoisotopic (exact) mass is 448 g/mol. The average Bonchev–Trinajstić information content (AvgIpc) is 3.05. The van der Waals surface area contributed by atoms with E-state index in [1.807, 2.05) is 0 Å². The molecular weight excluding hydrogens is 396 g/mol. The highest BCUT2D eigenvalue weighted by Crippen LogP contribution is 2.48. The highest BCUT2D eigenvalue weighted by molar-refractivity contribution is 5.83. The molecule has 0 saturated carbocycles. The van der Waals surface area contributed by atoms with E-state index < -0.39 is 0 Å². The summed E-state index contributed by atoms with van der Waals surface area (Å²) >= 11 is 0. The van der Waals surface area contributed by atoms with Gasteiger partial charge in [-0.2, -0.15) is 0 Å². The van der Waals surface area contributed by atoms with Crippen LogP contribution in [-0.4, -0.2) is 0 Å². The Bertz CT molecular complexity index is 875. The van der Waals surface area contributed by atoms with E-state index >= 15 is 0 Å². The molecular formula is C33H52. The van der Waals surface area contributed by atoms with Crippen molar-refractivity contribution in [1.82, 2.24) is 0 Å². The van der Waals surface area contributed by atoms with Gasteiger partial charge in [0.15, 0.2) is 0 Å². The van der Waals surface area contributed by atoms with E-state index in [1.165, 1.54) is 68.9 Å². The standard InChI is InChI=1S/C33H52/c1-10-13-23(3)15-12-16-26(14-11-2)31-24(4)21-28(25(31)5)27-17-18-29-30(22-27)33(8,9)20-19-32(29,6)7/h17-18,21-24,26H,10-16,19-20H2,1-9H3. The Morgan fingerprint density at radius 2 is 1.52 bits per heavy atom. The second-order valence-corrected chi connectivity index (χ2v) is 12.8. The zero-order valence-electron chi connectivity index (χ0n) is 23.4. The van der Waals surface area contributed by atoms with Crippen molar-refractivity contribution in [2.45, 2.75) is 131 Å². The molecule has 0 heteroatoms. The van der Waals surface area contributed by atoms with Crippen LogP contribution in [0.5, 0.6) is 0 Å². The normalized spacial score (nSPS) is 23.3. The SMILES string of the molecule is CCCC(C)CCCC(CCC)C1=C(C)C(c2ccc3c(c2)C(C)(C)CCC3(C)C)=CC1C. The molecule has 2 aliphatic carbocycles. The molecule has 184 valence electrons. The third-order valence-electron chi connectivity index (χ3n) is 9.02. The van der Waals surface area contributed by atoms with E-state index in [4.69, 9.17) is 0 Å². The number of allylic oxidation sites excluding steroid dienone is 4. The van der Waals surface area contributed by atoms with Gasteiger partial charge >= 0.3 is 0 Å². The lowest BCUT2D eigenvalue weighted by Gasteiger charge is -2.42. The maximum Gasteiger partial charge on any atom is -0.00336 e. The lowest BCUT2D eigenvalue weighted by Crippen LogP contribution is -2.33. The Morgan fingerprint density at radius 1 is 0.879 bits per heavy atom. The van der Waals surface area contributed by atoms with Gasteiger partial charge < -0.3 is 0 Å². The summed E-state index contributed by atoms with van der Waals surface area (Å²) in [5, 5.41) is 0. The first-order valence-electron chi connectivity index (χ1n) is 14.1. The van der Waals surface area contributed by atoms with Crippen LogP contribution in [0.4, 0.5) is 0 Å². The van der Waals surface area contributed by atoms with E-state index in [2.05, 4.69) is 86.6 Å². The molecule has 0 amide bonds. The minimum absolute atomic E-state index is 0.270. The van der Waals surface area contributed by atoms with Gasteiger partial charge in [-0.15, -0.1) is 0 Å². The highest BCUT2D eigenvalue weighted by Gasteiger charge is 2.37. The summed E-state index contributed by atoms with van der Waals surface area (Å²) in [7, 11) is 0. The molecule has 0 fully saturated rings. The van der Waals surface area contributed by atoms with E-state index in [1.54, 1.807) is 22.3 Å². The van der Waals surface area contributed by atoms with Gasteiger partial charge in [0.05, 0.1) is 0 Å². The molecule has 0 aromatic heterocycles. The van der Waals surface area contributed by atoms with Crippen molar-refractivity contribution in [3.63, 3.8) is 0 Å². The van der Waals surface area contributed by atoms with Gasteiger partial charge in [-0.05, 0) is 89.0 Å². The highest BCUT2D eigenvalue weighted by atomic mass is 14.4. The van der Waals surface area contributed by atoms with Crippen LogP contribution in [-0.2, 0) is 10.8 Å². The zero-order chi connectivity index (χ0) is 24.4. The lowest BCUT2D eigenvalue weighted by molar-refractivity contribution is 0.332. The van der Waals surface area contributed by atoms with Gasteiger partial charge in [0.25, 0.3) is 0 Å². The number of hydrogen-bond acceptors (Lipinski definition) is 0. The molecule has 0 N–H and O–H groups in total. The largest absolute Gasteiger partial charge is 0.0695 e. The zero-order valence-corrected chi connectivity index (χ0v) is 23.4. The van der Waals surface area contributed by atoms with Crippen LogP contribution in [0, 0.1) is 17.8 Å². The first kappa shape index (κ1) is 26.3. The van der Waals surface area contributed by atoms with Gasteiger partial charge in [0.1, 0.15) is 0 Å². The van der Waals surface area contributed by atoms with Crippen molar-refractivity contribution in [2.24, 2.45) is 17.8 Å². The summed E-state index contributed by atoms with van der Waals surface area (Å²) in [5.74, 6) is 2.20. The summed E-state index contributed by atoms with van der Waals surface area (Å²) in [6.07, 6.45) is 14.6. The van der Waals surface area contributed by atoms with E-state index in [9.17, 15) is 0 Å². The molecule has 0 aliphatic heterocycles. The molecule has 0 spiro atoms. The first-order valence-corrected chi connectivity index (χ1v) is 14.1. The van der Waals surface area contributed by atoms with Gasteiger partial charge in [-0.1, -0.05) is 117 Å². The molecule has 0 bridgehead atoms. The van der Waals surface area contributed by atoms with E-state index in [0.29, 0.717) is 5.92 Å². The van der Waals surface area contributed by atoms with Gasteiger partial charge in [0, 0.05) is 0 Å². The molecule has 3 rings (SSSR count). The Labute approximate surface area is 206 Å². The Balaban J connectivity index is 1.88. The van der Waals surface area contributed by atoms with Crippen LogP contribution in [0.1, 0.15) is 137 Å². The first-order chi connectivity index (χ1) is 15.5. The van der Waals surface area contributed by atoms with Crippen LogP contribution < -0.4 is 0 Å². The molecule has 3 atom stereocenters. The Morgan fingerprint density at radius 3 is 2.15 bits per heavy atom. The predicted molar refractivity (Wildman–Crippen MR) is 148 cm³/mol. The minimum Gasteiger partial charge on any atom is -0.0695 e. The Kier molecular flexibility index (Phi) is 8.40. The maximum absolute atomic E-state index is 2.58. The van der Waals surface area contributed by atoms with Crippen LogP contribution >= 0.6 is 0 Å². The van der Waals surface area contributed by atoms with E-state index in [0.717, 1.165) is 11.8 Å². The second-order valence-electron chi connectivity index (χ2n) is 12.8. The summed E-state index contributed by atoms with van der Waals surface area (Å²) in [6, 6.07) is 7.44. The fraction of sp³-hybridized carbons (Fsp3) is 0.697. The van der Waals surface area contributed by atoms with Crippen LogP contribution in [0.3, 0.4) is 0 Å². The fourth-order valence-electron chi connectivity index (χ4n) is 6.86. The summed E-state index contributed by atoms with van der Waals surface area (Å²) in [6.45, 7) is 21.7. The van der Waals surface area contributed by atoms with Gasteiger partial charge in [-0.3, -0.25) is 0 Å². The van der Waals surface area contributed by atoms with Crippen molar-refractivity contribution < 1.29 is 0 Å². The fourth-order valence-corrected chi connectivity index (χ4v) is 6.86. The summed E-state index contributed by atoms with van der Waals surface area (Å²) in [4.78, 5) is 0. The summed E-state index contributed by atoms with van der Waals surface area (Å²) in [5.41, 5.74) is 10.00. The smallest absolute Gasteiger partial charge is 0.00336 e. The number of benzene rings is 1. The van der Waals surface area contributed by atoms with Crippen LogP contribution in [0.15, 0.2) is 35.4 Å². The van der Waals surface area contributed by atoms with Crippen LogP contribution in [0.25, 0.3) is 5.57 Å².